The van der Waals surface area contributed by atoms with Gasteiger partial charge in [-0.15, -0.1) is 25.3 Å². The lowest BCUT2D eigenvalue weighted by molar-refractivity contribution is -0.141. The molecule has 70 valence electrons. The molecule has 0 heterocycles. The van der Waals surface area contributed by atoms with E-state index in [1.807, 2.05) is 0 Å². The summed E-state index contributed by atoms with van der Waals surface area (Å²) < 4.78 is -2.07. The topological polar surface area (TPSA) is 106 Å². The lowest BCUT2D eigenvalue weighted by atomic mass is 10.0. The Kier molecular flexibility index (Phi) is 3.18. The number of carboxylic acid groups (broad SMARTS) is 1. The Balaban J connectivity index is 5.01. The highest BCUT2D eigenvalue weighted by molar-refractivity contribution is 8.02. The van der Waals surface area contributed by atoms with Crippen molar-refractivity contribution in [2.45, 2.75) is 16.7 Å². The van der Waals surface area contributed by atoms with Crippen molar-refractivity contribution in [1.29, 1.82) is 0 Å². The SMILES string of the molecule is CC(=O)C(N)(N)C(S)(S)C(=O)O. The third kappa shape index (κ3) is 1.74. The van der Waals surface area contributed by atoms with Crippen molar-refractivity contribution in [2.24, 2.45) is 11.5 Å². The molecule has 0 aromatic rings. The van der Waals surface area contributed by atoms with Crippen molar-refractivity contribution in [3.8, 4) is 0 Å². The van der Waals surface area contributed by atoms with Crippen LogP contribution in [0.1, 0.15) is 6.92 Å². The highest BCUT2D eigenvalue weighted by Crippen LogP contribution is 2.28. The number of aliphatic carboxylic acids is 1. The quantitative estimate of drug-likeness (QED) is 0.298. The number of rotatable bonds is 3. The van der Waals surface area contributed by atoms with E-state index in [4.69, 9.17) is 16.6 Å². The van der Waals surface area contributed by atoms with Crippen molar-refractivity contribution in [3.05, 3.63) is 0 Å². The summed E-state index contributed by atoms with van der Waals surface area (Å²) in [6.45, 7) is 1.07. The smallest absolute Gasteiger partial charge is 0.333 e. The molecule has 0 amide bonds. The van der Waals surface area contributed by atoms with Gasteiger partial charge < -0.3 is 16.6 Å². The predicted molar refractivity (Wildman–Crippen MR) is 50.1 cm³/mol. The van der Waals surface area contributed by atoms with Gasteiger partial charge in [-0.3, -0.25) is 4.79 Å². The molecule has 0 aromatic carbocycles. The Morgan fingerprint density at radius 1 is 1.33 bits per heavy atom. The van der Waals surface area contributed by atoms with Gasteiger partial charge >= 0.3 is 5.97 Å². The number of nitrogens with two attached hydrogens (primary N) is 2. The number of hydrogen-bond donors (Lipinski definition) is 5. The summed E-state index contributed by atoms with van der Waals surface area (Å²) in [5, 5.41) is 8.56. The molecular weight excluding hydrogens is 200 g/mol. The number of Topliss-reactive ketones (excluding diaryl/α,β-unsaturated/α-hetero) is 1. The van der Waals surface area contributed by atoms with Gasteiger partial charge in [-0.05, 0) is 6.92 Å². The molecule has 12 heavy (non-hydrogen) atoms. The summed E-state index contributed by atoms with van der Waals surface area (Å²) in [6.07, 6.45) is 0. The molecule has 0 aromatic heterocycles. The lowest BCUT2D eigenvalue weighted by Crippen LogP contribution is -2.69. The van der Waals surface area contributed by atoms with E-state index in [9.17, 15) is 9.59 Å². The second-order valence-corrected chi connectivity index (χ2v) is 4.10. The van der Waals surface area contributed by atoms with Crippen LogP contribution < -0.4 is 11.5 Å². The molecule has 0 spiro atoms. The maximum Gasteiger partial charge on any atom is 0.333 e. The third-order valence-corrected chi connectivity index (χ3v) is 2.58. The van der Waals surface area contributed by atoms with Crippen molar-refractivity contribution < 1.29 is 14.7 Å². The minimum atomic E-state index is -2.09. The van der Waals surface area contributed by atoms with E-state index < -0.39 is 21.5 Å². The van der Waals surface area contributed by atoms with Gasteiger partial charge in [-0.2, -0.15) is 0 Å². The van der Waals surface area contributed by atoms with Gasteiger partial charge in [0, 0.05) is 0 Å². The molecule has 0 aliphatic carbocycles. The summed E-state index contributed by atoms with van der Waals surface area (Å²) in [7, 11) is 0. The molecule has 0 unspecified atom stereocenters. The van der Waals surface area contributed by atoms with Gasteiger partial charge in [0.1, 0.15) is 0 Å². The van der Waals surface area contributed by atoms with Crippen LogP contribution in [0.25, 0.3) is 0 Å². The second-order valence-electron chi connectivity index (χ2n) is 2.40. The van der Waals surface area contributed by atoms with Crippen LogP contribution in [0.2, 0.25) is 0 Å². The maximum absolute atomic E-state index is 10.8. The maximum atomic E-state index is 10.8. The van der Waals surface area contributed by atoms with Crippen molar-refractivity contribution in [3.63, 3.8) is 0 Å². The number of thiol groups is 2. The standard InChI is InChI=1S/C5H10N2O3S2/c1-2(8)4(6,7)5(11,12)3(9)10/h11-12H,6-7H2,1H3,(H,9,10). The van der Waals surface area contributed by atoms with E-state index in [1.165, 1.54) is 0 Å². The first-order valence-electron chi connectivity index (χ1n) is 2.91. The molecule has 0 fully saturated rings. The average molecular weight is 210 g/mol. The molecule has 0 atom stereocenters. The molecule has 0 saturated carbocycles. The largest absolute Gasteiger partial charge is 0.479 e. The van der Waals surface area contributed by atoms with Gasteiger partial charge in [0.2, 0.25) is 0 Å². The first-order chi connectivity index (χ1) is 5.14. The first-order valence-corrected chi connectivity index (χ1v) is 3.80. The fraction of sp³-hybridized carbons (Fsp3) is 0.600. The zero-order chi connectivity index (χ0) is 10.2. The Morgan fingerprint density at radius 3 is 1.75 bits per heavy atom. The van der Waals surface area contributed by atoms with Crippen LogP contribution in [0.15, 0.2) is 0 Å². The fourth-order valence-electron chi connectivity index (χ4n) is 0.422. The van der Waals surface area contributed by atoms with E-state index in [0.29, 0.717) is 0 Å². The minimum absolute atomic E-state index is 0.699. The molecule has 0 radical (unpaired) electrons. The molecule has 0 rings (SSSR count). The Morgan fingerprint density at radius 2 is 1.67 bits per heavy atom. The summed E-state index contributed by atoms with van der Waals surface area (Å²) in [4.78, 5) is 21.3. The van der Waals surface area contributed by atoms with E-state index in [2.05, 4.69) is 25.3 Å². The minimum Gasteiger partial charge on any atom is -0.479 e. The molecule has 5 nitrogen and oxygen atoms in total. The Hall–Kier alpha value is -0.240. The van der Waals surface area contributed by atoms with Crippen LogP contribution in [0.3, 0.4) is 0 Å². The van der Waals surface area contributed by atoms with Crippen LogP contribution >= 0.6 is 25.3 Å². The van der Waals surface area contributed by atoms with Crippen LogP contribution in [-0.4, -0.2) is 26.6 Å². The first kappa shape index (κ1) is 11.8. The molecule has 7 heteroatoms. The third-order valence-electron chi connectivity index (χ3n) is 1.46. The van der Waals surface area contributed by atoms with E-state index in [1.54, 1.807) is 0 Å². The van der Waals surface area contributed by atoms with Crippen molar-refractivity contribution >= 4 is 37.0 Å². The number of carboxylic acids is 1. The monoisotopic (exact) mass is 210 g/mol. The fourth-order valence-corrected chi connectivity index (χ4v) is 0.737. The summed E-state index contributed by atoms with van der Waals surface area (Å²) >= 11 is 7.19. The summed E-state index contributed by atoms with van der Waals surface area (Å²) in [5.41, 5.74) is 8.37. The zero-order valence-electron chi connectivity index (χ0n) is 6.31. The van der Waals surface area contributed by atoms with E-state index in [-0.39, 0.29) is 0 Å². The average Bonchev–Trinajstić information content (AvgIpc) is 1.86. The van der Waals surface area contributed by atoms with E-state index in [0.717, 1.165) is 6.92 Å². The molecule has 0 saturated heterocycles. The number of carbonyl (C=O) groups is 2. The Bertz CT molecular complexity index is 203. The van der Waals surface area contributed by atoms with Crippen molar-refractivity contribution in [1.82, 2.24) is 0 Å². The number of hydrogen-bond acceptors (Lipinski definition) is 6. The predicted octanol–water partition coefficient (Wildman–Crippen LogP) is -1.17. The summed E-state index contributed by atoms with van der Waals surface area (Å²) in [6, 6.07) is 0. The van der Waals surface area contributed by atoms with Gasteiger partial charge in [-0.25, -0.2) is 4.79 Å². The number of carbonyl (C=O) groups excluding carboxylic acids is 1. The highest BCUT2D eigenvalue weighted by Gasteiger charge is 2.50. The molecule has 0 aliphatic rings. The molecule has 0 bridgehead atoms. The molecular formula is C5H10N2O3S2. The van der Waals surface area contributed by atoms with Gasteiger partial charge in [0.05, 0.1) is 0 Å². The van der Waals surface area contributed by atoms with Gasteiger partial charge in [0.25, 0.3) is 0 Å². The van der Waals surface area contributed by atoms with Gasteiger partial charge in [-0.1, -0.05) is 0 Å². The van der Waals surface area contributed by atoms with E-state index >= 15 is 0 Å². The van der Waals surface area contributed by atoms with Gasteiger partial charge in [0.15, 0.2) is 15.5 Å². The second kappa shape index (κ2) is 3.25. The number of ketones is 1. The van der Waals surface area contributed by atoms with Crippen molar-refractivity contribution in [2.75, 3.05) is 0 Å². The molecule has 5 N–H and O–H groups in total. The molecule has 0 aliphatic heterocycles. The van der Waals surface area contributed by atoms with Crippen LogP contribution in [-0.2, 0) is 9.59 Å². The lowest BCUT2D eigenvalue weighted by Gasteiger charge is -2.32. The summed E-state index contributed by atoms with van der Waals surface area (Å²) in [5.74, 6) is -2.16. The zero-order valence-corrected chi connectivity index (χ0v) is 8.10. The van der Waals surface area contributed by atoms with Crippen LogP contribution in [0.4, 0.5) is 0 Å². The highest BCUT2D eigenvalue weighted by atomic mass is 32.2. The van der Waals surface area contributed by atoms with Crippen LogP contribution in [0, 0.1) is 0 Å². The Labute approximate surface area is 80.3 Å². The normalized spacial score (nSPS) is 12.8. The van der Waals surface area contributed by atoms with Crippen LogP contribution in [0.5, 0.6) is 0 Å².